The molecule has 0 amide bonds. The zero-order valence-corrected chi connectivity index (χ0v) is 20.6. The Hall–Kier alpha value is -3.11. The van der Waals surface area contributed by atoms with Crippen LogP contribution in [0.3, 0.4) is 0 Å². The van der Waals surface area contributed by atoms with E-state index in [0.717, 1.165) is 67.1 Å². The molecule has 5 rings (SSSR count). The molecule has 1 atom stereocenters. The number of ether oxygens (including phenoxy) is 2. The lowest BCUT2D eigenvalue weighted by molar-refractivity contribution is 0.0877. The monoisotopic (exact) mass is 469 g/mol. The standard InChI is InChI=1S/C31H35NO3/c1-34-28-9-5-6-23(20-28)22-35-29-12-13-30-27(21-29)11-10-26(31(30)33)16-19-32-17-14-25(15-18-32)24-7-3-2-4-8-24/h2-9,12-13,20-21,25-26H,10-11,14-19,22H2,1H3. The normalized spacial score (nSPS) is 18.8. The third-order valence-electron chi connectivity index (χ3n) is 7.67. The van der Waals surface area contributed by atoms with E-state index in [0.29, 0.717) is 18.3 Å². The van der Waals surface area contributed by atoms with Crippen LogP contribution in [-0.4, -0.2) is 37.4 Å². The zero-order chi connectivity index (χ0) is 24.0. The van der Waals surface area contributed by atoms with Crippen molar-refractivity contribution in [2.75, 3.05) is 26.7 Å². The lowest BCUT2D eigenvalue weighted by atomic mass is 9.80. The van der Waals surface area contributed by atoms with E-state index in [4.69, 9.17) is 9.47 Å². The number of rotatable bonds is 8. The Morgan fingerprint density at radius 2 is 1.71 bits per heavy atom. The van der Waals surface area contributed by atoms with Crippen LogP contribution in [0, 0.1) is 5.92 Å². The summed E-state index contributed by atoms with van der Waals surface area (Å²) < 4.78 is 11.3. The summed E-state index contributed by atoms with van der Waals surface area (Å²) in [4.78, 5) is 15.8. The van der Waals surface area contributed by atoms with E-state index >= 15 is 0 Å². The molecule has 1 fully saturated rings. The molecule has 1 heterocycles. The molecule has 1 unspecified atom stereocenters. The van der Waals surface area contributed by atoms with Gasteiger partial charge in [-0.05, 0) is 105 Å². The Kier molecular flexibility index (Phi) is 7.48. The van der Waals surface area contributed by atoms with Crippen molar-refractivity contribution in [3.63, 3.8) is 0 Å². The van der Waals surface area contributed by atoms with E-state index in [1.807, 2.05) is 36.4 Å². The van der Waals surface area contributed by atoms with Crippen LogP contribution < -0.4 is 9.47 Å². The Morgan fingerprint density at radius 3 is 2.51 bits per heavy atom. The van der Waals surface area contributed by atoms with Gasteiger partial charge in [0.25, 0.3) is 0 Å². The summed E-state index contributed by atoms with van der Waals surface area (Å²) in [5.41, 5.74) is 4.54. The number of aryl methyl sites for hydroxylation is 1. The van der Waals surface area contributed by atoms with E-state index in [1.165, 1.54) is 18.4 Å². The summed E-state index contributed by atoms with van der Waals surface area (Å²) in [7, 11) is 1.67. The SMILES string of the molecule is COc1cccc(COc2ccc3c(c2)CCC(CCN2CCC(c4ccccc4)CC2)C3=O)c1. The predicted octanol–water partition coefficient (Wildman–Crippen LogP) is 6.29. The number of nitrogens with zero attached hydrogens (tertiary/aromatic N) is 1. The molecular weight excluding hydrogens is 434 g/mol. The van der Waals surface area contributed by atoms with Crippen LogP contribution in [-0.2, 0) is 13.0 Å². The van der Waals surface area contributed by atoms with Crippen LogP contribution in [0.2, 0.25) is 0 Å². The quantitative estimate of drug-likeness (QED) is 0.389. The average Bonchev–Trinajstić information content (AvgIpc) is 2.92. The topological polar surface area (TPSA) is 38.8 Å². The molecule has 182 valence electrons. The summed E-state index contributed by atoms with van der Waals surface area (Å²) in [5, 5.41) is 0. The highest BCUT2D eigenvalue weighted by Crippen LogP contribution is 2.32. The number of hydrogen-bond donors (Lipinski definition) is 0. The highest BCUT2D eigenvalue weighted by Gasteiger charge is 2.29. The van der Waals surface area contributed by atoms with Crippen molar-refractivity contribution in [2.24, 2.45) is 5.92 Å². The molecule has 0 bridgehead atoms. The van der Waals surface area contributed by atoms with Crippen molar-refractivity contribution >= 4 is 5.78 Å². The fourth-order valence-electron chi connectivity index (χ4n) is 5.55. The second-order valence-corrected chi connectivity index (χ2v) is 9.87. The van der Waals surface area contributed by atoms with E-state index in [-0.39, 0.29) is 5.92 Å². The van der Waals surface area contributed by atoms with Gasteiger partial charge in [-0.15, -0.1) is 0 Å². The molecule has 35 heavy (non-hydrogen) atoms. The first-order valence-electron chi connectivity index (χ1n) is 12.9. The van der Waals surface area contributed by atoms with Gasteiger partial charge >= 0.3 is 0 Å². The second kappa shape index (κ2) is 11.1. The maximum atomic E-state index is 13.2. The van der Waals surface area contributed by atoms with Gasteiger partial charge in [0.1, 0.15) is 18.1 Å². The number of likely N-dealkylation sites (tertiary alicyclic amines) is 1. The largest absolute Gasteiger partial charge is 0.497 e. The van der Waals surface area contributed by atoms with Crippen molar-refractivity contribution in [1.82, 2.24) is 4.90 Å². The Balaban J connectivity index is 1.12. The third-order valence-corrected chi connectivity index (χ3v) is 7.67. The second-order valence-electron chi connectivity index (χ2n) is 9.87. The molecule has 0 radical (unpaired) electrons. The first kappa shape index (κ1) is 23.6. The molecule has 0 aromatic heterocycles. The lowest BCUT2D eigenvalue weighted by Gasteiger charge is -2.33. The van der Waals surface area contributed by atoms with Crippen molar-refractivity contribution in [2.45, 2.75) is 44.6 Å². The molecule has 4 nitrogen and oxygen atoms in total. The predicted molar refractivity (Wildman–Crippen MR) is 139 cm³/mol. The summed E-state index contributed by atoms with van der Waals surface area (Å²) in [6, 6.07) is 24.8. The first-order chi connectivity index (χ1) is 17.2. The van der Waals surface area contributed by atoms with Gasteiger partial charge in [0, 0.05) is 11.5 Å². The van der Waals surface area contributed by atoms with Crippen molar-refractivity contribution in [3.05, 3.63) is 95.1 Å². The molecule has 1 aliphatic carbocycles. The molecule has 0 saturated carbocycles. The fraction of sp³-hybridized carbons (Fsp3) is 0.387. The summed E-state index contributed by atoms with van der Waals surface area (Å²) in [6.07, 6.45) is 5.26. The van der Waals surface area contributed by atoms with Gasteiger partial charge in [0.15, 0.2) is 5.78 Å². The number of carbonyl (C=O) groups is 1. The third kappa shape index (κ3) is 5.76. The van der Waals surface area contributed by atoms with Gasteiger partial charge in [0.2, 0.25) is 0 Å². The maximum absolute atomic E-state index is 13.2. The Bertz CT molecular complexity index is 1130. The molecule has 2 aliphatic rings. The van der Waals surface area contributed by atoms with Crippen molar-refractivity contribution < 1.29 is 14.3 Å². The van der Waals surface area contributed by atoms with Gasteiger partial charge in [-0.2, -0.15) is 0 Å². The van der Waals surface area contributed by atoms with Crippen LogP contribution in [0.15, 0.2) is 72.8 Å². The summed E-state index contributed by atoms with van der Waals surface area (Å²) in [6.45, 7) is 3.76. The minimum absolute atomic E-state index is 0.137. The number of hydrogen-bond acceptors (Lipinski definition) is 4. The Morgan fingerprint density at radius 1 is 0.886 bits per heavy atom. The number of ketones is 1. The minimum Gasteiger partial charge on any atom is -0.497 e. The number of benzene rings is 3. The van der Waals surface area contributed by atoms with E-state index in [9.17, 15) is 4.79 Å². The van der Waals surface area contributed by atoms with Gasteiger partial charge < -0.3 is 14.4 Å². The summed E-state index contributed by atoms with van der Waals surface area (Å²) in [5.74, 6) is 2.77. The smallest absolute Gasteiger partial charge is 0.166 e. The van der Waals surface area contributed by atoms with Crippen LogP contribution >= 0.6 is 0 Å². The van der Waals surface area contributed by atoms with E-state index in [1.54, 1.807) is 7.11 Å². The lowest BCUT2D eigenvalue weighted by Crippen LogP contribution is -2.35. The molecule has 1 saturated heterocycles. The average molecular weight is 470 g/mol. The number of carbonyl (C=O) groups excluding carboxylic acids is 1. The molecule has 3 aromatic carbocycles. The maximum Gasteiger partial charge on any atom is 0.166 e. The molecule has 0 spiro atoms. The summed E-state index contributed by atoms with van der Waals surface area (Å²) >= 11 is 0. The van der Waals surface area contributed by atoms with Gasteiger partial charge in [0.05, 0.1) is 7.11 Å². The van der Waals surface area contributed by atoms with Crippen molar-refractivity contribution in [1.29, 1.82) is 0 Å². The molecule has 4 heteroatoms. The first-order valence-corrected chi connectivity index (χ1v) is 12.9. The number of methoxy groups -OCH3 is 1. The zero-order valence-electron chi connectivity index (χ0n) is 20.6. The van der Waals surface area contributed by atoms with Crippen LogP contribution in [0.4, 0.5) is 0 Å². The highest BCUT2D eigenvalue weighted by atomic mass is 16.5. The molecule has 3 aromatic rings. The van der Waals surface area contributed by atoms with Crippen molar-refractivity contribution in [3.8, 4) is 11.5 Å². The van der Waals surface area contributed by atoms with E-state index < -0.39 is 0 Å². The van der Waals surface area contributed by atoms with Gasteiger partial charge in [-0.1, -0.05) is 42.5 Å². The van der Waals surface area contributed by atoms with Crippen LogP contribution in [0.5, 0.6) is 11.5 Å². The molecule has 0 N–H and O–H groups in total. The number of fused-ring (bicyclic) bond motifs is 1. The van der Waals surface area contributed by atoms with Gasteiger partial charge in [-0.25, -0.2) is 0 Å². The molecule has 1 aliphatic heterocycles. The van der Waals surface area contributed by atoms with Crippen LogP contribution in [0.25, 0.3) is 0 Å². The fourth-order valence-corrected chi connectivity index (χ4v) is 5.55. The highest BCUT2D eigenvalue weighted by molar-refractivity contribution is 6.00. The minimum atomic E-state index is 0.137. The Labute approximate surface area is 208 Å². The number of piperidine rings is 1. The van der Waals surface area contributed by atoms with Gasteiger partial charge in [-0.3, -0.25) is 4.79 Å². The van der Waals surface area contributed by atoms with Crippen LogP contribution in [0.1, 0.15) is 58.6 Å². The van der Waals surface area contributed by atoms with E-state index in [2.05, 4.69) is 41.3 Å². The number of Topliss-reactive ketones (excluding diaryl/α,β-unsaturated/α-hetero) is 1. The molecular formula is C31H35NO3.